The van der Waals surface area contributed by atoms with Crippen molar-refractivity contribution in [1.82, 2.24) is 19.6 Å². The van der Waals surface area contributed by atoms with Crippen molar-refractivity contribution in [3.05, 3.63) is 63.3 Å². The average molecular weight is 608 g/mol. The van der Waals surface area contributed by atoms with Gasteiger partial charge in [-0.25, -0.2) is 18.2 Å². The number of hydrogen-bond acceptors (Lipinski definition) is 8. The molecule has 2 aromatic heterocycles. The number of sulfonamides is 1. The normalized spacial score (nSPS) is 15.2. The monoisotopic (exact) mass is 607 g/mol. The van der Waals surface area contributed by atoms with Gasteiger partial charge in [-0.15, -0.1) is 11.3 Å². The molecule has 1 aliphatic rings. The van der Waals surface area contributed by atoms with Crippen molar-refractivity contribution in [1.29, 1.82) is 0 Å². The van der Waals surface area contributed by atoms with Crippen LogP contribution in [0, 0.1) is 0 Å². The molecule has 0 aliphatic carbocycles. The second kappa shape index (κ2) is 12.1. The lowest BCUT2D eigenvalue weighted by atomic mass is 9.96. The van der Waals surface area contributed by atoms with Crippen LogP contribution in [0.5, 0.6) is 0 Å². The molecular formula is C26H30ClN5O6S2. The fourth-order valence-electron chi connectivity index (χ4n) is 4.76. The van der Waals surface area contributed by atoms with Gasteiger partial charge in [0, 0.05) is 25.7 Å². The van der Waals surface area contributed by atoms with Gasteiger partial charge < -0.3 is 19.5 Å². The third-order valence-electron chi connectivity index (χ3n) is 6.61. The molecule has 1 aromatic carbocycles. The van der Waals surface area contributed by atoms with Gasteiger partial charge in [0.05, 0.1) is 45.5 Å². The molecule has 0 bridgehead atoms. The molecule has 1 aliphatic heterocycles. The molecule has 11 nitrogen and oxygen atoms in total. The maximum atomic E-state index is 14.1. The number of thiophene rings is 1. The van der Waals surface area contributed by atoms with E-state index in [0.717, 1.165) is 11.3 Å². The van der Waals surface area contributed by atoms with E-state index in [2.05, 4.69) is 15.0 Å². The Morgan fingerprint density at radius 3 is 2.58 bits per heavy atom. The van der Waals surface area contributed by atoms with Crippen LogP contribution in [-0.2, 0) is 43.4 Å². The van der Waals surface area contributed by atoms with E-state index in [1.165, 1.54) is 29.2 Å². The van der Waals surface area contributed by atoms with E-state index in [1.807, 2.05) is 0 Å². The number of carbonyl (C=O) groups excluding carboxylic acids is 3. The quantitative estimate of drug-likeness (QED) is 0.319. The molecule has 3 heterocycles. The summed E-state index contributed by atoms with van der Waals surface area (Å²) in [4.78, 5) is 45.0. The van der Waals surface area contributed by atoms with Crippen LogP contribution >= 0.6 is 22.9 Å². The molecular weight excluding hydrogens is 578 g/mol. The van der Waals surface area contributed by atoms with Crippen molar-refractivity contribution in [2.75, 3.05) is 24.6 Å². The second-order valence-electron chi connectivity index (χ2n) is 9.16. The number of rotatable bonds is 11. The molecule has 40 heavy (non-hydrogen) atoms. The van der Waals surface area contributed by atoms with E-state index in [9.17, 15) is 22.8 Å². The number of imidazole rings is 1. The number of carbonyl (C=O) groups is 3. The minimum absolute atomic E-state index is 0.0403. The Morgan fingerprint density at radius 2 is 2.00 bits per heavy atom. The lowest BCUT2D eigenvalue weighted by molar-refractivity contribution is -0.151. The molecule has 1 saturated heterocycles. The Labute approximate surface area is 241 Å². The standard InChI is InChI=1S/C26H30ClN5O6S2/c1-4-17-18(32-13-7-10-23(32)33)8-6-9-20(17)40(36,37)30-26(25(35)38-5-2,21-14-28-16-31(21)3)15-29-24(34)19-11-12-22(27)39-19/h6,8-9,11-12,14,16,30H,4-5,7,10,13,15H2,1-3H3,(H,29,34)/t26-/m1/s1. The van der Waals surface area contributed by atoms with Crippen LogP contribution in [0.4, 0.5) is 5.69 Å². The number of aromatic nitrogens is 2. The molecule has 2 amide bonds. The topological polar surface area (TPSA) is 140 Å². The predicted molar refractivity (Wildman–Crippen MR) is 151 cm³/mol. The fourth-order valence-corrected chi connectivity index (χ4v) is 7.38. The zero-order valence-electron chi connectivity index (χ0n) is 22.3. The maximum Gasteiger partial charge on any atom is 0.335 e. The second-order valence-corrected chi connectivity index (χ2v) is 12.5. The summed E-state index contributed by atoms with van der Waals surface area (Å²) >= 11 is 7.02. The van der Waals surface area contributed by atoms with Gasteiger partial charge in [0.2, 0.25) is 15.9 Å². The van der Waals surface area contributed by atoms with Crippen molar-refractivity contribution in [3.63, 3.8) is 0 Å². The Hall–Kier alpha value is -3.26. The fraction of sp³-hybridized carbons (Fsp3) is 0.385. The number of aryl methyl sites for hydroxylation is 1. The first-order valence-corrected chi connectivity index (χ1v) is 15.4. The van der Waals surface area contributed by atoms with Gasteiger partial charge in [-0.05, 0) is 49.6 Å². The van der Waals surface area contributed by atoms with Gasteiger partial charge in [-0.1, -0.05) is 24.6 Å². The predicted octanol–water partition coefficient (Wildman–Crippen LogP) is 2.99. The van der Waals surface area contributed by atoms with Crippen molar-refractivity contribution in [3.8, 4) is 0 Å². The number of nitrogens with zero attached hydrogens (tertiary/aromatic N) is 3. The molecule has 2 N–H and O–H groups in total. The highest BCUT2D eigenvalue weighted by Crippen LogP contribution is 2.33. The van der Waals surface area contributed by atoms with Crippen molar-refractivity contribution in [2.24, 2.45) is 7.05 Å². The van der Waals surface area contributed by atoms with Crippen LogP contribution in [-0.4, -0.2) is 55.4 Å². The Morgan fingerprint density at radius 1 is 1.23 bits per heavy atom. The lowest BCUT2D eigenvalue weighted by Crippen LogP contribution is -2.59. The highest BCUT2D eigenvalue weighted by Gasteiger charge is 2.48. The van der Waals surface area contributed by atoms with Gasteiger partial charge >= 0.3 is 5.97 Å². The van der Waals surface area contributed by atoms with Crippen LogP contribution < -0.4 is 14.9 Å². The van der Waals surface area contributed by atoms with Crippen LogP contribution in [0.1, 0.15) is 47.6 Å². The molecule has 14 heteroatoms. The first-order valence-electron chi connectivity index (χ1n) is 12.7. The molecule has 1 fully saturated rings. The molecule has 0 radical (unpaired) electrons. The summed E-state index contributed by atoms with van der Waals surface area (Å²) in [6.07, 6.45) is 4.13. The largest absolute Gasteiger partial charge is 0.464 e. The van der Waals surface area contributed by atoms with Gasteiger partial charge in [0.25, 0.3) is 5.91 Å². The van der Waals surface area contributed by atoms with Crippen molar-refractivity contribution < 1.29 is 27.5 Å². The SMILES string of the molecule is CCOC(=O)[C@](CNC(=O)c1ccc(Cl)s1)(NS(=O)(=O)c1cccc(N2CCCC2=O)c1CC)c1cncn1C. The molecule has 1 atom stereocenters. The Kier molecular flexibility index (Phi) is 8.98. The summed E-state index contributed by atoms with van der Waals surface area (Å²) in [5.74, 6) is -1.55. The number of hydrogen-bond donors (Lipinski definition) is 2. The van der Waals surface area contributed by atoms with Gasteiger partial charge in [0.15, 0.2) is 5.54 Å². The van der Waals surface area contributed by atoms with Gasteiger partial charge in [-0.3, -0.25) is 9.59 Å². The number of ether oxygens (including phenoxy) is 1. The zero-order valence-corrected chi connectivity index (χ0v) is 24.7. The van der Waals surface area contributed by atoms with E-state index < -0.39 is 34.0 Å². The molecule has 4 rings (SSSR count). The highest BCUT2D eigenvalue weighted by atomic mass is 35.5. The number of halogens is 1. The third kappa shape index (κ3) is 5.78. The lowest BCUT2D eigenvalue weighted by Gasteiger charge is -2.33. The Balaban J connectivity index is 1.81. The maximum absolute atomic E-state index is 14.1. The summed E-state index contributed by atoms with van der Waals surface area (Å²) < 4.78 is 38.1. The minimum Gasteiger partial charge on any atom is -0.464 e. The molecule has 0 saturated carbocycles. The van der Waals surface area contributed by atoms with Crippen LogP contribution in [0.25, 0.3) is 0 Å². The summed E-state index contributed by atoms with van der Waals surface area (Å²) in [6.45, 7) is 3.36. The summed E-state index contributed by atoms with van der Waals surface area (Å²) in [5.41, 5.74) is -0.979. The number of amides is 2. The number of esters is 1. The van der Waals surface area contributed by atoms with E-state index in [0.29, 0.717) is 41.4 Å². The van der Waals surface area contributed by atoms with Crippen molar-refractivity contribution in [2.45, 2.75) is 43.5 Å². The number of anilines is 1. The van der Waals surface area contributed by atoms with Gasteiger partial charge in [0.1, 0.15) is 0 Å². The zero-order chi connectivity index (χ0) is 29.1. The third-order valence-corrected chi connectivity index (χ3v) is 9.42. The summed E-state index contributed by atoms with van der Waals surface area (Å²) in [5, 5.41) is 2.66. The van der Waals surface area contributed by atoms with E-state index in [1.54, 1.807) is 44.0 Å². The molecule has 0 unspecified atom stereocenters. The summed E-state index contributed by atoms with van der Waals surface area (Å²) in [7, 11) is -2.84. The molecule has 214 valence electrons. The number of benzene rings is 1. The molecule has 0 spiro atoms. The van der Waals surface area contributed by atoms with Crippen LogP contribution in [0.15, 0.2) is 47.8 Å². The van der Waals surface area contributed by atoms with E-state index in [-0.39, 0.29) is 28.0 Å². The minimum atomic E-state index is -4.44. The van der Waals surface area contributed by atoms with Crippen molar-refractivity contribution >= 4 is 56.4 Å². The first kappa shape index (κ1) is 29.7. The number of nitrogens with one attached hydrogen (secondary N) is 2. The van der Waals surface area contributed by atoms with Crippen LogP contribution in [0.2, 0.25) is 4.34 Å². The average Bonchev–Trinajstić information content (AvgIpc) is 3.67. The first-order chi connectivity index (χ1) is 19.0. The smallest absolute Gasteiger partial charge is 0.335 e. The summed E-state index contributed by atoms with van der Waals surface area (Å²) in [6, 6.07) is 7.80. The Bertz CT molecular complexity index is 1540. The highest BCUT2D eigenvalue weighted by molar-refractivity contribution is 7.89. The van der Waals surface area contributed by atoms with E-state index in [4.69, 9.17) is 16.3 Å². The van der Waals surface area contributed by atoms with Crippen LogP contribution in [0.3, 0.4) is 0 Å². The van der Waals surface area contributed by atoms with Gasteiger partial charge in [-0.2, -0.15) is 4.72 Å². The van der Waals surface area contributed by atoms with E-state index >= 15 is 0 Å². The molecule has 3 aromatic rings.